The maximum atomic E-state index is 12.0. The van der Waals surface area contributed by atoms with Crippen LogP contribution in [0.1, 0.15) is 25.3 Å². The summed E-state index contributed by atoms with van der Waals surface area (Å²) >= 11 is 0. The Labute approximate surface area is 125 Å². The molecule has 0 aromatic heterocycles. The zero-order valence-electron chi connectivity index (χ0n) is 12.7. The molecule has 1 saturated carbocycles. The zero-order chi connectivity index (χ0) is 15.5. The third-order valence-corrected chi connectivity index (χ3v) is 3.82. The molecule has 2 rings (SSSR count). The Morgan fingerprint density at radius 1 is 1.52 bits per heavy atom. The number of ether oxygens (including phenoxy) is 1. The lowest BCUT2D eigenvalue weighted by Gasteiger charge is -2.23. The summed E-state index contributed by atoms with van der Waals surface area (Å²) in [5.41, 5.74) is 1.10. The molecule has 0 saturated heterocycles. The first kappa shape index (κ1) is 15.2. The number of nitrogens with zero attached hydrogens (tertiary/aromatic N) is 1. The molecule has 0 heterocycles. The summed E-state index contributed by atoms with van der Waals surface area (Å²) in [5, 5.41) is 15.1. The first-order valence-corrected chi connectivity index (χ1v) is 7.09. The van der Waals surface area contributed by atoms with Gasteiger partial charge in [-0.15, -0.1) is 0 Å². The van der Waals surface area contributed by atoms with E-state index in [0.29, 0.717) is 5.75 Å². The van der Waals surface area contributed by atoms with Gasteiger partial charge in [-0.25, -0.2) is 0 Å². The number of nitrogens with one attached hydrogen (secondary N) is 2. The normalized spacial score (nSPS) is 16.5. The first-order chi connectivity index (χ1) is 9.98. The van der Waals surface area contributed by atoms with Crippen LogP contribution >= 0.6 is 0 Å². The smallest absolute Gasteiger partial charge is 0.240 e. The number of aryl methyl sites for hydroxylation is 1. The molecule has 1 aliphatic rings. The molecule has 0 bridgehead atoms. The van der Waals surface area contributed by atoms with Crippen molar-refractivity contribution in [1.29, 1.82) is 5.26 Å². The van der Waals surface area contributed by atoms with Gasteiger partial charge in [-0.2, -0.15) is 5.26 Å². The zero-order valence-corrected chi connectivity index (χ0v) is 12.7. The number of hydrogen-bond donors (Lipinski definition) is 2. The van der Waals surface area contributed by atoms with Crippen LogP contribution in [0.5, 0.6) is 5.75 Å². The number of methoxy groups -OCH3 is 1. The monoisotopic (exact) mass is 287 g/mol. The molecule has 1 atom stereocenters. The van der Waals surface area contributed by atoms with Crippen molar-refractivity contribution < 1.29 is 9.53 Å². The van der Waals surface area contributed by atoms with Gasteiger partial charge >= 0.3 is 0 Å². The van der Waals surface area contributed by atoms with Gasteiger partial charge in [0.15, 0.2) is 0 Å². The van der Waals surface area contributed by atoms with Gasteiger partial charge in [-0.05, 0) is 50.3 Å². The number of nitriles is 1. The van der Waals surface area contributed by atoms with Gasteiger partial charge < -0.3 is 15.4 Å². The van der Waals surface area contributed by atoms with Crippen LogP contribution in [0, 0.1) is 24.2 Å². The van der Waals surface area contributed by atoms with Gasteiger partial charge in [-0.3, -0.25) is 4.79 Å². The Bertz CT molecular complexity index is 575. The molecule has 1 aromatic carbocycles. The molecule has 112 valence electrons. The van der Waals surface area contributed by atoms with Crippen molar-refractivity contribution >= 4 is 11.6 Å². The maximum absolute atomic E-state index is 12.0. The third-order valence-electron chi connectivity index (χ3n) is 3.82. The molecule has 0 aliphatic heterocycles. The van der Waals surface area contributed by atoms with E-state index < -0.39 is 5.54 Å². The molecule has 1 unspecified atom stereocenters. The molecule has 1 aromatic rings. The Hall–Kier alpha value is -2.22. The van der Waals surface area contributed by atoms with Gasteiger partial charge in [-0.1, -0.05) is 6.07 Å². The lowest BCUT2D eigenvalue weighted by Crippen LogP contribution is -2.48. The van der Waals surface area contributed by atoms with Crippen LogP contribution in [0.3, 0.4) is 0 Å². The molecular weight excluding hydrogens is 266 g/mol. The minimum atomic E-state index is -0.755. The van der Waals surface area contributed by atoms with Gasteiger partial charge in [0.05, 0.1) is 25.4 Å². The molecule has 5 heteroatoms. The molecule has 1 amide bonds. The fraction of sp³-hybridized carbons (Fsp3) is 0.500. The van der Waals surface area contributed by atoms with Crippen LogP contribution in [0.15, 0.2) is 18.2 Å². The summed E-state index contributed by atoms with van der Waals surface area (Å²) in [7, 11) is 1.59. The van der Waals surface area contributed by atoms with Crippen LogP contribution in [-0.2, 0) is 4.79 Å². The fourth-order valence-electron chi connectivity index (χ4n) is 2.35. The summed E-state index contributed by atoms with van der Waals surface area (Å²) < 4.78 is 5.26. The quantitative estimate of drug-likeness (QED) is 0.841. The van der Waals surface area contributed by atoms with Crippen molar-refractivity contribution in [2.75, 3.05) is 19.0 Å². The van der Waals surface area contributed by atoms with Crippen molar-refractivity contribution in [1.82, 2.24) is 5.32 Å². The second-order valence-electron chi connectivity index (χ2n) is 5.69. The van der Waals surface area contributed by atoms with Crippen molar-refractivity contribution in [2.24, 2.45) is 5.92 Å². The number of rotatable bonds is 6. The fourth-order valence-corrected chi connectivity index (χ4v) is 2.35. The van der Waals surface area contributed by atoms with Gasteiger partial charge in [0, 0.05) is 0 Å². The Morgan fingerprint density at radius 2 is 2.24 bits per heavy atom. The summed E-state index contributed by atoms with van der Waals surface area (Å²) in [6, 6.07) is 7.95. The maximum Gasteiger partial charge on any atom is 0.240 e. The van der Waals surface area contributed by atoms with Crippen molar-refractivity contribution in [3.8, 4) is 11.8 Å². The number of carbonyl (C=O) groups is 1. The number of hydrogen-bond acceptors (Lipinski definition) is 4. The predicted molar refractivity (Wildman–Crippen MR) is 81.1 cm³/mol. The summed E-state index contributed by atoms with van der Waals surface area (Å²) in [4.78, 5) is 12.0. The van der Waals surface area contributed by atoms with E-state index in [1.807, 2.05) is 25.1 Å². The molecule has 0 radical (unpaired) electrons. The van der Waals surface area contributed by atoms with E-state index in [2.05, 4.69) is 16.7 Å². The summed E-state index contributed by atoms with van der Waals surface area (Å²) in [5.74, 6) is 0.785. The standard InChI is InChI=1S/C16H21N3O2/c1-11-4-7-14(21-3)13(8-11)18-9-15(20)19-16(2,10-17)12-5-6-12/h4,7-8,12,18H,5-6,9H2,1-3H3,(H,19,20). The van der Waals surface area contributed by atoms with Crippen LogP contribution in [0.2, 0.25) is 0 Å². The van der Waals surface area contributed by atoms with Crippen LogP contribution in [-0.4, -0.2) is 25.1 Å². The third kappa shape index (κ3) is 3.66. The SMILES string of the molecule is COc1ccc(C)cc1NCC(=O)NC(C)(C#N)C1CC1. The van der Waals surface area contributed by atoms with E-state index in [9.17, 15) is 10.1 Å². The molecule has 2 N–H and O–H groups in total. The number of benzene rings is 1. The molecular formula is C16H21N3O2. The predicted octanol–water partition coefficient (Wildman–Crippen LogP) is 2.22. The summed E-state index contributed by atoms with van der Waals surface area (Å²) in [6.45, 7) is 3.88. The molecule has 21 heavy (non-hydrogen) atoms. The Kier molecular flexibility index (Phi) is 4.37. The number of anilines is 1. The largest absolute Gasteiger partial charge is 0.495 e. The van der Waals surface area contributed by atoms with Crippen molar-refractivity contribution in [2.45, 2.75) is 32.2 Å². The first-order valence-electron chi connectivity index (χ1n) is 7.09. The average Bonchev–Trinajstić information content (AvgIpc) is 3.30. The highest BCUT2D eigenvalue weighted by Crippen LogP contribution is 2.39. The molecule has 1 fully saturated rings. The summed E-state index contributed by atoms with van der Waals surface area (Å²) in [6.07, 6.45) is 2.01. The Balaban J connectivity index is 1.95. The highest BCUT2D eigenvalue weighted by Gasteiger charge is 2.42. The second-order valence-corrected chi connectivity index (χ2v) is 5.69. The van der Waals surface area contributed by atoms with E-state index in [1.165, 1.54) is 0 Å². The molecule has 5 nitrogen and oxygen atoms in total. The number of carbonyl (C=O) groups excluding carboxylic acids is 1. The lowest BCUT2D eigenvalue weighted by molar-refractivity contribution is -0.120. The van der Waals surface area contributed by atoms with E-state index >= 15 is 0 Å². The van der Waals surface area contributed by atoms with E-state index in [0.717, 1.165) is 24.1 Å². The minimum Gasteiger partial charge on any atom is -0.495 e. The topological polar surface area (TPSA) is 74.2 Å². The molecule has 1 aliphatic carbocycles. The van der Waals surface area contributed by atoms with Gasteiger partial charge in [0.1, 0.15) is 11.3 Å². The van der Waals surface area contributed by atoms with E-state index in [4.69, 9.17) is 4.74 Å². The lowest BCUT2D eigenvalue weighted by atomic mass is 9.98. The van der Waals surface area contributed by atoms with Crippen molar-refractivity contribution in [3.05, 3.63) is 23.8 Å². The molecule has 0 spiro atoms. The van der Waals surface area contributed by atoms with Gasteiger partial charge in [0.25, 0.3) is 0 Å². The van der Waals surface area contributed by atoms with Crippen LogP contribution < -0.4 is 15.4 Å². The van der Waals surface area contributed by atoms with E-state index in [1.54, 1.807) is 14.0 Å². The second kappa shape index (κ2) is 6.04. The average molecular weight is 287 g/mol. The van der Waals surface area contributed by atoms with Crippen LogP contribution in [0.25, 0.3) is 0 Å². The highest BCUT2D eigenvalue weighted by atomic mass is 16.5. The van der Waals surface area contributed by atoms with Crippen LogP contribution in [0.4, 0.5) is 5.69 Å². The van der Waals surface area contributed by atoms with Gasteiger partial charge in [0.2, 0.25) is 5.91 Å². The highest BCUT2D eigenvalue weighted by molar-refractivity contribution is 5.82. The van der Waals surface area contributed by atoms with Crippen molar-refractivity contribution in [3.63, 3.8) is 0 Å². The number of amides is 1. The minimum absolute atomic E-state index is 0.115. The Morgan fingerprint density at radius 3 is 2.81 bits per heavy atom. The van der Waals surface area contributed by atoms with E-state index in [-0.39, 0.29) is 18.4 Å².